The monoisotopic (exact) mass is 411 g/mol. The summed E-state index contributed by atoms with van der Waals surface area (Å²) < 4.78 is 6.68. The number of rotatable bonds is 4. The van der Waals surface area contributed by atoms with Gasteiger partial charge in [-0.25, -0.2) is 0 Å². The highest BCUT2D eigenvalue weighted by Gasteiger charge is 2.36. The van der Waals surface area contributed by atoms with E-state index in [1.165, 1.54) is 0 Å². The second-order valence-electron chi connectivity index (χ2n) is 6.20. The fourth-order valence-corrected chi connectivity index (χ4v) is 4.02. The summed E-state index contributed by atoms with van der Waals surface area (Å²) in [7, 11) is 0. The molecule has 2 heterocycles. The summed E-state index contributed by atoms with van der Waals surface area (Å²) in [5.41, 5.74) is 0. The van der Waals surface area contributed by atoms with E-state index in [1.807, 2.05) is 12.1 Å². The van der Waals surface area contributed by atoms with Crippen LogP contribution in [0.1, 0.15) is 25.7 Å². The molecule has 0 aliphatic carbocycles. The molecule has 1 aromatic rings. The van der Waals surface area contributed by atoms with E-state index >= 15 is 0 Å². The number of nitrogens with one attached hydrogen (secondary N) is 1. The number of amides is 1. The van der Waals surface area contributed by atoms with Crippen LogP contribution in [0.3, 0.4) is 0 Å². The fourth-order valence-electron chi connectivity index (χ4n) is 3.29. The molecule has 0 bridgehead atoms. The number of halogens is 2. The van der Waals surface area contributed by atoms with Gasteiger partial charge in [0, 0.05) is 17.1 Å². The van der Waals surface area contributed by atoms with Gasteiger partial charge in [0.1, 0.15) is 18.4 Å². The van der Waals surface area contributed by atoms with E-state index in [1.54, 1.807) is 11.0 Å². The number of likely N-dealkylation sites (tertiary alicyclic amines) is 1. The summed E-state index contributed by atoms with van der Waals surface area (Å²) in [6, 6.07) is 7.35. The zero-order valence-corrected chi connectivity index (χ0v) is 15.5. The maximum atomic E-state index is 12.6. The van der Waals surface area contributed by atoms with E-state index in [0.717, 1.165) is 30.2 Å². The molecule has 0 spiro atoms. The van der Waals surface area contributed by atoms with E-state index in [4.69, 9.17) is 21.6 Å². The molecule has 1 amide bonds. The average Bonchev–Trinajstić information content (AvgIpc) is 3.22. The first-order valence-electron chi connectivity index (χ1n) is 8.12. The lowest BCUT2D eigenvalue weighted by atomic mass is 10.1. The first-order chi connectivity index (χ1) is 11.6. The van der Waals surface area contributed by atoms with E-state index < -0.39 is 0 Å². The normalized spacial score (nSPS) is 26.4. The van der Waals surface area contributed by atoms with Crippen LogP contribution in [-0.2, 0) is 4.79 Å². The van der Waals surface area contributed by atoms with Crippen molar-refractivity contribution in [3.05, 3.63) is 27.7 Å². The van der Waals surface area contributed by atoms with Crippen molar-refractivity contribution in [3.8, 4) is 11.8 Å². The lowest BCUT2D eigenvalue weighted by Crippen LogP contribution is -2.47. The summed E-state index contributed by atoms with van der Waals surface area (Å²) in [4.78, 5) is 14.3. The van der Waals surface area contributed by atoms with Gasteiger partial charge >= 0.3 is 0 Å². The van der Waals surface area contributed by atoms with Crippen LogP contribution in [0.2, 0.25) is 5.02 Å². The third kappa shape index (κ3) is 3.85. The highest BCUT2D eigenvalue weighted by molar-refractivity contribution is 9.10. The Bertz CT molecular complexity index is 664. The second-order valence-corrected chi connectivity index (χ2v) is 7.52. The number of nitriles is 1. The molecule has 1 aromatic carbocycles. The van der Waals surface area contributed by atoms with Crippen molar-refractivity contribution >= 4 is 33.4 Å². The quantitative estimate of drug-likeness (QED) is 0.825. The Balaban J connectivity index is 1.52. The van der Waals surface area contributed by atoms with Gasteiger partial charge in [-0.3, -0.25) is 10.1 Å². The van der Waals surface area contributed by atoms with Gasteiger partial charge in [-0.05, 0) is 43.9 Å². The molecule has 0 saturated carbocycles. The van der Waals surface area contributed by atoms with Crippen LogP contribution in [0.5, 0.6) is 5.75 Å². The molecule has 0 radical (unpaired) electrons. The molecule has 1 unspecified atom stereocenters. The molecule has 5 nitrogen and oxygen atoms in total. The fraction of sp³-hybridized carbons (Fsp3) is 0.529. The molecule has 0 aromatic heterocycles. The number of nitrogens with zero attached hydrogens (tertiary/aromatic N) is 2. The Labute approximate surface area is 155 Å². The number of carbonyl (C=O) groups excluding carboxylic acids is 1. The molecule has 128 valence electrons. The van der Waals surface area contributed by atoms with Crippen molar-refractivity contribution in [2.75, 3.05) is 13.2 Å². The molecular formula is C17H19BrClN3O2. The second kappa shape index (κ2) is 7.73. The topological polar surface area (TPSA) is 65.4 Å². The lowest BCUT2D eigenvalue weighted by Gasteiger charge is -2.24. The molecule has 3 atom stereocenters. The molecule has 2 fully saturated rings. The van der Waals surface area contributed by atoms with Crippen LogP contribution >= 0.6 is 27.5 Å². The molecule has 24 heavy (non-hydrogen) atoms. The summed E-state index contributed by atoms with van der Waals surface area (Å²) >= 11 is 9.51. The van der Waals surface area contributed by atoms with Crippen LogP contribution in [0, 0.1) is 11.3 Å². The smallest absolute Gasteiger partial charge is 0.240 e. The van der Waals surface area contributed by atoms with Crippen molar-refractivity contribution < 1.29 is 9.53 Å². The predicted molar refractivity (Wildman–Crippen MR) is 94.9 cm³/mol. The van der Waals surface area contributed by atoms with Crippen molar-refractivity contribution in [1.82, 2.24) is 10.2 Å². The van der Waals surface area contributed by atoms with Gasteiger partial charge in [0.15, 0.2) is 0 Å². The molecule has 7 heteroatoms. The Hall–Kier alpha value is -1.29. The largest absolute Gasteiger partial charge is 0.490 e. The minimum Gasteiger partial charge on any atom is -0.490 e. The van der Waals surface area contributed by atoms with E-state index in [2.05, 4.69) is 27.3 Å². The van der Waals surface area contributed by atoms with E-state index in [0.29, 0.717) is 23.9 Å². The van der Waals surface area contributed by atoms with Gasteiger partial charge in [-0.2, -0.15) is 5.26 Å². The standard InChI is InChI=1S/C17H19BrClN3O2/c18-11-3-6-16(14(19)8-11)24-10-12-4-5-15(21-12)17(23)22-7-1-2-13(22)9-20/h3,6,8,12-13,15,21H,1-2,4-5,7,10H2/t12-,13?,15+/m1/s1. The van der Waals surface area contributed by atoms with Crippen LogP contribution in [0.25, 0.3) is 0 Å². The molecular weight excluding hydrogens is 394 g/mol. The zero-order chi connectivity index (χ0) is 17.1. The van der Waals surface area contributed by atoms with Crippen LogP contribution < -0.4 is 10.1 Å². The summed E-state index contributed by atoms with van der Waals surface area (Å²) in [6.45, 7) is 1.15. The van der Waals surface area contributed by atoms with Crippen LogP contribution in [-0.4, -0.2) is 42.1 Å². The van der Waals surface area contributed by atoms with Gasteiger partial charge in [-0.15, -0.1) is 0 Å². The number of hydrogen-bond acceptors (Lipinski definition) is 4. The molecule has 1 N–H and O–H groups in total. The van der Waals surface area contributed by atoms with Crippen LogP contribution in [0.4, 0.5) is 0 Å². The molecule has 3 rings (SSSR count). The Morgan fingerprint density at radius 3 is 3.04 bits per heavy atom. The summed E-state index contributed by atoms with van der Waals surface area (Å²) in [5, 5.41) is 13.0. The maximum Gasteiger partial charge on any atom is 0.240 e. The highest BCUT2D eigenvalue weighted by Crippen LogP contribution is 2.28. The van der Waals surface area contributed by atoms with Gasteiger partial charge in [-0.1, -0.05) is 27.5 Å². The van der Waals surface area contributed by atoms with Crippen LogP contribution in [0.15, 0.2) is 22.7 Å². The lowest BCUT2D eigenvalue weighted by molar-refractivity contribution is -0.133. The van der Waals surface area contributed by atoms with E-state index in [-0.39, 0.29) is 24.0 Å². The van der Waals surface area contributed by atoms with Gasteiger partial charge < -0.3 is 9.64 Å². The zero-order valence-electron chi connectivity index (χ0n) is 13.2. The first kappa shape index (κ1) is 17.5. The van der Waals surface area contributed by atoms with Crippen molar-refractivity contribution in [3.63, 3.8) is 0 Å². The number of benzene rings is 1. The minimum absolute atomic E-state index is 0.0447. The Kier molecular flexibility index (Phi) is 5.65. The number of hydrogen-bond donors (Lipinski definition) is 1. The molecule has 2 aliphatic heterocycles. The SMILES string of the molecule is N#CC1CCCN1C(=O)[C@@H]1CC[C@H](COc2ccc(Br)cc2Cl)N1. The third-order valence-corrected chi connectivity index (χ3v) is 5.35. The predicted octanol–water partition coefficient (Wildman–Crippen LogP) is 3.12. The number of ether oxygens (including phenoxy) is 1. The van der Waals surface area contributed by atoms with Crippen molar-refractivity contribution in [2.45, 2.75) is 43.8 Å². The average molecular weight is 413 g/mol. The molecule has 2 aliphatic rings. The number of carbonyl (C=O) groups is 1. The maximum absolute atomic E-state index is 12.6. The third-order valence-electron chi connectivity index (χ3n) is 4.56. The van der Waals surface area contributed by atoms with Gasteiger partial charge in [0.25, 0.3) is 0 Å². The van der Waals surface area contributed by atoms with Gasteiger partial charge in [0.05, 0.1) is 17.1 Å². The van der Waals surface area contributed by atoms with Crippen molar-refractivity contribution in [2.24, 2.45) is 0 Å². The first-order valence-corrected chi connectivity index (χ1v) is 9.29. The highest BCUT2D eigenvalue weighted by atomic mass is 79.9. The minimum atomic E-state index is -0.267. The van der Waals surface area contributed by atoms with Gasteiger partial charge in [0.2, 0.25) is 5.91 Å². The summed E-state index contributed by atoms with van der Waals surface area (Å²) in [6.07, 6.45) is 3.33. The molecule has 2 saturated heterocycles. The van der Waals surface area contributed by atoms with E-state index in [9.17, 15) is 4.79 Å². The van der Waals surface area contributed by atoms with Crippen molar-refractivity contribution in [1.29, 1.82) is 5.26 Å². The Morgan fingerprint density at radius 1 is 1.46 bits per heavy atom. The summed E-state index contributed by atoms with van der Waals surface area (Å²) in [5.74, 6) is 0.684. The Morgan fingerprint density at radius 2 is 2.29 bits per heavy atom.